The van der Waals surface area contributed by atoms with Crippen molar-refractivity contribution in [3.63, 3.8) is 0 Å². The van der Waals surface area contributed by atoms with Crippen molar-refractivity contribution in [2.75, 3.05) is 7.05 Å². The van der Waals surface area contributed by atoms with E-state index in [1.165, 1.54) is 6.42 Å². The molecule has 0 unspecified atom stereocenters. The van der Waals surface area contributed by atoms with Crippen molar-refractivity contribution in [3.05, 3.63) is 75.8 Å². The molecule has 0 aliphatic heterocycles. The van der Waals surface area contributed by atoms with Crippen molar-refractivity contribution in [2.45, 2.75) is 63.6 Å². The topological polar surface area (TPSA) is 84.3 Å². The maximum atomic E-state index is 13.5. The Kier molecular flexibility index (Phi) is 6.18. The number of pyridine rings is 2. The zero-order valence-corrected chi connectivity index (χ0v) is 19.5. The zero-order valence-electron chi connectivity index (χ0n) is 19.5. The molecule has 2 heterocycles. The first kappa shape index (κ1) is 22.3. The van der Waals surface area contributed by atoms with E-state index in [2.05, 4.69) is 10.3 Å². The third-order valence-corrected chi connectivity index (χ3v) is 6.92. The first-order chi connectivity index (χ1) is 16.5. The summed E-state index contributed by atoms with van der Waals surface area (Å²) in [6, 6.07) is 10.0. The van der Waals surface area contributed by atoms with E-state index in [0.29, 0.717) is 6.54 Å². The van der Waals surface area contributed by atoms with Crippen LogP contribution >= 0.6 is 0 Å². The fourth-order valence-corrected chi connectivity index (χ4v) is 4.83. The first-order valence-corrected chi connectivity index (χ1v) is 12.2. The molecule has 176 valence electrons. The van der Waals surface area contributed by atoms with Gasteiger partial charge in [0.1, 0.15) is 11.1 Å². The molecule has 7 nitrogen and oxygen atoms in total. The normalized spacial score (nSPS) is 16.4. The van der Waals surface area contributed by atoms with Crippen molar-refractivity contribution in [1.82, 2.24) is 19.8 Å². The monoisotopic (exact) mass is 458 g/mol. The van der Waals surface area contributed by atoms with Gasteiger partial charge < -0.3 is 14.8 Å². The summed E-state index contributed by atoms with van der Waals surface area (Å²) in [6.07, 6.45) is 12.3. The minimum absolute atomic E-state index is 0.0508. The molecular formula is C27H30N4O3. The number of benzene rings is 1. The molecule has 2 amide bonds. The highest BCUT2D eigenvalue weighted by Gasteiger charge is 2.28. The van der Waals surface area contributed by atoms with Gasteiger partial charge in [-0.15, -0.1) is 0 Å². The number of aromatic nitrogens is 2. The SMILES string of the molecule is CN(Cc1cccc2ncccc12)C(=O)c1cn(C2CCCCC2)cc(C(=O)NC2CC2)c1=O. The quantitative estimate of drug-likeness (QED) is 0.604. The van der Waals surface area contributed by atoms with Gasteiger partial charge in [-0.25, -0.2) is 0 Å². The van der Waals surface area contributed by atoms with Gasteiger partial charge in [-0.2, -0.15) is 0 Å². The molecule has 7 heteroatoms. The van der Waals surface area contributed by atoms with Gasteiger partial charge in [-0.3, -0.25) is 19.4 Å². The lowest BCUT2D eigenvalue weighted by Gasteiger charge is -2.26. The summed E-state index contributed by atoms with van der Waals surface area (Å²) in [4.78, 5) is 45.7. The Morgan fingerprint density at radius 1 is 1.03 bits per heavy atom. The molecular weight excluding hydrogens is 428 g/mol. The van der Waals surface area contributed by atoms with Crippen LogP contribution in [0.1, 0.15) is 77.3 Å². The summed E-state index contributed by atoms with van der Waals surface area (Å²) in [5, 5.41) is 3.89. The van der Waals surface area contributed by atoms with E-state index in [-0.39, 0.29) is 35.0 Å². The fourth-order valence-electron chi connectivity index (χ4n) is 4.83. The molecule has 0 radical (unpaired) electrons. The summed E-state index contributed by atoms with van der Waals surface area (Å²) < 4.78 is 1.94. The molecule has 1 aromatic carbocycles. The van der Waals surface area contributed by atoms with E-state index >= 15 is 0 Å². The average molecular weight is 459 g/mol. The molecule has 0 atom stereocenters. The van der Waals surface area contributed by atoms with Crippen LogP contribution in [0.5, 0.6) is 0 Å². The number of rotatable bonds is 6. The number of nitrogens with one attached hydrogen (secondary N) is 1. The lowest BCUT2D eigenvalue weighted by Crippen LogP contribution is -2.37. The second-order valence-electron chi connectivity index (χ2n) is 9.55. The highest BCUT2D eigenvalue weighted by atomic mass is 16.2. The van der Waals surface area contributed by atoms with Crippen LogP contribution in [0, 0.1) is 0 Å². The lowest BCUT2D eigenvalue weighted by atomic mass is 9.95. The largest absolute Gasteiger partial charge is 0.349 e. The van der Waals surface area contributed by atoms with Crippen LogP contribution in [0.4, 0.5) is 0 Å². The minimum Gasteiger partial charge on any atom is -0.349 e. The molecule has 1 N–H and O–H groups in total. The van der Waals surface area contributed by atoms with Gasteiger partial charge in [0.25, 0.3) is 11.8 Å². The van der Waals surface area contributed by atoms with Gasteiger partial charge in [0.05, 0.1) is 5.52 Å². The summed E-state index contributed by atoms with van der Waals surface area (Å²) in [5.74, 6) is -0.758. The van der Waals surface area contributed by atoms with Crippen LogP contribution in [0.25, 0.3) is 10.9 Å². The Labute approximate surface area is 198 Å². The highest BCUT2D eigenvalue weighted by Crippen LogP contribution is 2.28. The molecule has 2 aliphatic rings. The predicted octanol–water partition coefficient (Wildman–Crippen LogP) is 4.07. The third kappa shape index (κ3) is 4.60. The predicted molar refractivity (Wildman–Crippen MR) is 131 cm³/mol. The van der Waals surface area contributed by atoms with E-state index in [4.69, 9.17) is 0 Å². The molecule has 34 heavy (non-hydrogen) atoms. The first-order valence-electron chi connectivity index (χ1n) is 12.2. The molecule has 0 saturated heterocycles. The molecule has 2 aromatic heterocycles. The molecule has 2 saturated carbocycles. The number of carbonyl (C=O) groups is 2. The van der Waals surface area contributed by atoms with Crippen molar-refractivity contribution < 1.29 is 9.59 Å². The Bertz CT molecular complexity index is 1280. The van der Waals surface area contributed by atoms with Crippen molar-refractivity contribution >= 4 is 22.7 Å². The average Bonchev–Trinajstić information content (AvgIpc) is 3.68. The Balaban J connectivity index is 1.48. The van der Waals surface area contributed by atoms with Crippen LogP contribution < -0.4 is 10.7 Å². The van der Waals surface area contributed by atoms with Gasteiger partial charge in [-0.05, 0) is 43.4 Å². The number of amides is 2. The second-order valence-corrected chi connectivity index (χ2v) is 9.55. The number of hydrogen-bond acceptors (Lipinski definition) is 4. The highest BCUT2D eigenvalue weighted by molar-refractivity contribution is 5.99. The summed E-state index contributed by atoms with van der Waals surface area (Å²) in [5.41, 5.74) is 1.43. The Morgan fingerprint density at radius 2 is 1.79 bits per heavy atom. The van der Waals surface area contributed by atoms with Crippen LogP contribution in [0.15, 0.2) is 53.7 Å². The van der Waals surface area contributed by atoms with Crippen LogP contribution in [-0.2, 0) is 6.54 Å². The Hall–Kier alpha value is -3.48. The van der Waals surface area contributed by atoms with E-state index in [1.807, 2.05) is 34.9 Å². The Morgan fingerprint density at radius 3 is 2.56 bits per heavy atom. The summed E-state index contributed by atoms with van der Waals surface area (Å²) in [6.45, 7) is 0.337. The lowest BCUT2D eigenvalue weighted by molar-refractivity contribution is 0.0783. The summed E-state index contributed by atoms with van der Waals surface area (Å²) >= 11 is 0. The molecule has 0 bridgehead atoms. The fraction of sp³-hybridized carbons (Fsp3) is 0.407. The van der Waals surface area contributed by atoms with Gasteiger partial charge in [0, 0.05) is 49.7 Å². The standard InChI is InChI=1S/C27H30N4O3/c1-30(15-18-7-5-11-24-21(18)10-6-14-28-24)27(34)23-17-31(20-8-3-2-4-9-20)16-22(25(23)32)26(33)29-19-12-13-19/h5-7,10-11,14,16-17,19-20H,2-4,8-9,12-13,15H2,1H3,(H,29,33). The number of nitrogens with zero attached hydrogens (tertiary/aromatic N) is 3. The molecule has 2 aliphatic carbocycles. The molecule has 2 fully saturated rings. The van der Waals surface area contributed by atoms with Gasteiger partial charge in [-0.1, -0.05) is 37.5 Å². The number of fused-ring (bicyclic) bond motifs is 1. The molecule has 0 spiro atoms. The smallest absolute Gasteiger partial charge is 0.259 e. The van der Waals surface area contributed by atoms with Crippen LogP contribution in [-0.4, -0.2) is 39.4 Å². The van der Waals surface area contributed by atoms with Crippen LogP contribution in [0.3, 0.4) is 0 Å². The number of hydrogen-bond donors (Lipinski definition) is 1. The summed E-state index contributed by atoms with van der Waals surface area (Å²) in [7, 11) is 1.69. The zero-order chi connectivity index (χ0) is 23.7. The van der Waals surface area contributed by atoms with Gasteiger partial charge in [0.2, 0.25) is 5.43 Å². The van der Waals surface area contributed by atoms with Crippen molar-refractivity contribution in [2.24, 2.45) is 0 Å². The van der Waals surface area contributed by atoms with E-state index in [1.54, 1.807) is 30.5 Å². The minimum atomic E-state index is -0.498. The number of carbonyl (C=O) groups excluding carboxylic acids is 2. The third-order valence-electron chi connectivity index (χ3n) is 6.92. The van der Waals surface area contributed by atoms with Gasteiger partial charge in [0.15, 0.2) is 0 Å². The van der Waals surface area contributed by atoms with E-state index in [9.17, 15) is 14.4 Å². The van der Waals surface area contributed by atoms with Gasteiger partial charge >= 0.3 is 0 Å². The van der Waals surface area contributed by atoms with Crippen molar-refractivity contribution in [1.29, 1.82) is 0 Å². The van der Waals surface area contributed by atoms with E-state index < -0.39 is 5.43 Å². The molecule has 5 rings (SSSR count). The maximum absolute atomic E-state index is 13.5. The maximum Gasteiger partial charge on any atom is 0.259 e. The second kappa shape index (κ2) is 9.41. The van der Waals surface area contributed by atoms with Crippen LogP contribution in [0.2, 0.25) is 0 Å². The molecule has 3 aromatic rings. The van der Waals surface area contributed by atoms with Crippen molar-refractivity contribution in [3.8, 4) is 0 Å². The van der Waals surface area contributed by atoms with E-state index in [0.717, 1.165) is 55.0 Å².